The number of hydrogen-bond acceptors (Lipinski definition) is 4. The maximum Gasteiger partial charge on any atom is 0.134 e. The van der Waals surface area contributed by atoms with Gasteiger partial charge < -0.3 is 10.6 Å². The largest absolute Gasteiger partial charge is 0.373 e. The first kappa shape index (κ1) is 12.7. The molecule has 0 atom stereocenters. The average molecular weight is 222 g/mol. The topological polar surface area (TPSA) is 49.8 Å². The summed E-state index contributed by atoms with van der Waals surface area (Å²) in [4.78, 5) is 9.03. The lowest BCUT2D eigenvalue weighted by Gasteiger charge is -2.13. The highest BCUT2D eigenvalue weighted by Gasteiger charge is 2.08. The van der Waals surface area contributed by atoms with Crippen molar-refractivity contribution in [3.8, 4) is 0 Å². The summed E-state index contributed by atoms with van der Waals surface area (Å²) in [7, 11) is 1.90. The Bertz CT molecular complexity index is 336. The third-order valence-electron chi connectivity index (χ3n) is 2.44. The summed E-state index contributed by atoms with van der Waals surface area (Å²) in [5, 5.41) is 6.46. The van der Waals surface area contributed by atoms with Crippen LogP contribution >= 0.6 is 0 Å². The zero-order valence-corrected chi connectivity index (χ0v) is 10.7. The van der Waals surface area contributed by atoms with E-state index in [1.807, 2.05) is 14.0 Å². The molecule has 90 valence electrons. The fraction of sp³-hybridized carbons (Fsp3) is 0.667. The number of nitrogens with one attached hydrogen (secondary N) is 2. The van der Waals surface area contributed by atoms with Crippen LogP contribution in [0.25, 0.3) is 0 Å². The summed E-state index contributed by atoms with van der Waals surface area (Å²) in [6.45, 7) is 7.28. The first-order valence-corrected chi connectivity index (χ1v) is 6.02. The van der Waals surface area contributed by atoms with E-state index in [1.165, 1.54) is 0 Å². The van der Waals surface area contributed by atoms with Gasteiger partial charge in [-0.2, -0.15) is 0 Å². The van der Waals surface area contributed by atoms with Gasteiger partial charge in [0, 0.05) is 25.6 Å². The van der Waals surface area contributed by atoms with Gasteiger partial charge in [0.05, 0.1) is 0 Å². The number of aryl methyl sites for hydroxylation is 1. The van der Waals surface area contributed by atoms with E-state index in [9.17, 15) is 0 Å². The van der Waals surface area contributed by atoms with E-state index in [2.05, 4.69) is 34.4 Å². The van der Waals surface area contributed by atoms with E-state index in [1.54, 1.807) is 0 Å². The molecule has 0 aromatic carbocycles. The molecule has 0 amide bonds. The number of hydrogen-bond donors (Lipinski definition) is 2. The smallest absolute Gasteiger partial charge is 0.134 e. The van der Waals surface area contributed by atoms with Gasteiger partial charge in [-0.1, -0.05) is 13.8 Å². The maximum absolute atomic E-state index is 4.55. The molecule has 4 heteroatoms. The molecular weight excluding hydrogens is 200 g/mol. The van der Waals surface area contributed by atoms with E-state index in [-0.39, 0.29) is 0 Å². The Labute approximate surface area is 97.9 Å². The summed E-state index contributed by atoms with van der Waals surface area (Å²) in [6, 6.07) is 0. The normalized spacial score (nSPS) is 10.2. The second-order valence-corrected chi connectivity index (χ2v) is 3.89. The van der Waals surface area contributed by atoms with Crippen molar-refractivity contribution in [2.45, 2.75) is 40.0 Å². The summed E-state index contributed by atoms with van der Waals surface area (Å²) in [5.41, 5.74) is 1.09. The van der Waals surface area contributed by atoms with E-state index in [0.29, 0.717) is 0 Å². The molecule has 0 saturated heterocycles. The van der Waals surface area contributed by atoms with Crippen LogP contribution in [0.4, 0.5) is 11.6 Å². The Morgan fingerprint density at radius 3 is 2.31 bits per heavy atom. The lowest BCUT2D eigenvalue weighted by atomic mass is 10.2. The van der Waals surface area contributed by atoms with Crippen molar-refractivity contribution in [2.24, 2.45) is 0 Å². The summed E-state index contributed by atoms with van der Waals surface area (Å²) >= 11 is 0. The van der Waals surface area contributed by atoms with Crippen LogP contribution < -0.4 is 10.6 Å². The van der Waals surface area contributed by atoms with Gasteiger partial charge in [0.1, 0.15) is 17.5 Å². The first-order chi connectivity index (χ1) is 7.72. The molecular formula is C12H22N4. The van der Waals surface area contributed by atoms with Gasteiger partial charge in [-0.3, -0.25) is 0 Å². The SMILES string of the molecule is CCCNc1nc(CCC)nc(NC)c1C. The standard InChI is InChI=1S/C12H22N4/c1-5-7-10-15-11(13-4)9(3)12(16-10)14-8-6-2/h5-8H2,1-4H3,(H2,13,14,15,16). The molecule has 0 radical (unpaired) electrons. The number of nitrogens with zero attached hydrogens (tertiary/aromatic N) is 2. The van der Waals surface area contributed by atoms with Crippen molar-refractivity contribution in [1.82, 2.24) is 9.97 Å². The Morgan fingerprint density at radius 1 is 1.06 bits per heavy atom. The fourth-order valence-electron chi connectivity index (χ4n) is 1.56. The molecule has 0 spiro atoms. The molecule has 2 N–H and O–H groups in total. The van der Waals surface area contributed by atoms with Crippen molar-refractivity contribution < 1.29 is 0 Å². The third kappa shape index (κ3) is 3.08. The Balaban J connectivity index is 2.98. The van der Waals surface area contributed by atoms with Crippen LogP contribution in [0, 0.1) is 6.92 Å². The molecule has 0 aliphatic rings. The quantitative estimate of drug-likeness (QED) is 0.776. The third-order valence-corrected chi connectivity index (χ3v) is 2.44. The number of anilines is 2. The highest BCUT2D eigenvalue weighted by molar-refractivity contribution is 5.56. The van der Waals surface area contributed by atoms with Gasteiger partial charge in [0.2, 0.25) is 0 Å². The van der Waals surface area contributed by atoms with Gasteiger partial charge >= 0.3 is 0 Å². The number of rotatable bonds is 6. The van der Waals surface area contributed by atoms with E-state index in [0.717, 1.165) is 48.8 Å². The van der Waals surface area contributed by atoms with Crippen LogP contribution in [-0.2, 0) is 6.42 Å². The summed E-state index contributed by atoms with van der Waals surface area (Å²) in [5.74, 6) is 2.80. The minimum absolute atomic E-state index is 0.913. The van der Waals surface area contributed by atoms with Crippen molar-refractivity contribution in [3.63, 3.8) is 0 Å². The zero-order chi connectivity index (χ0) is 12.0. The lowest BCUT2D eigenvalue weighted by molar-refractivity contribution is 0.829. The van der Waals surface area contributed by atoms with Crippen molar-refractivity contribution >= 4 is 11.6 Å². The monoisotopic (exact) mass is 222 g/mol. The van der Waals surface area contributed by atoms with E-state index >= 15 is 0 Å². The van der Waals surface area contributed by atoms with Gasteiger partial charge in [-0.05, 0) is 19.8 Å². The zero-order valence-electron chi connectivity index (χ0n) is 10.7. The molecule has 4 nitrogen and oxygen atoms in total. The highest BCUT2D eigenvalue weighted by Crippen LogP contribution is 2.19. The lowest BCUT2D eigenvalue weighted by Crippen LogP contribution is -2.10. The van der Waals surface area contributed by atoms with Crippen molar-refractivity contribution in [2.75, 3.05) is 24.2 Å². The van der Waals surface area contributed by atoms with E-state index in [4.69, 9.17) is 0 Å². The van der Waals surface area contributed by atoms with Crippen molar-refractivity contribution in [3.05, 3.63) is 11.4 Å². The van der Waals surface area contributed by atoms with Crippen LogP contribution in [0.1, 0.15) is 38.1 Å². The van der Waals surface area contributed by atoms with Crippen LogP contribution in [0.15, 0.2) is 0 Å². The highest BCUT2D eigenvalue weighted by atomic mass is 15.1. The fourth-order valence-corrected chi connectivity index (χ4v) is 1.56. The van der Waals surface area contributed by atoms with E-state index < -0.39 is 0 Å². The molecule has 0 aliphatic carbocycles. The molecule has 1 rings (SSSR count). The molecule has 0 unspecified atom stereocenters. The van der Waals surface area contributed by atoms with Crippen molar-refractivity contribution in [1.29, 1.82) is 0 Å². The predicted molar refractivity (Wildman–Crippen MR) is 69.1 cm³/mol. The minimum atomic E-state index is 0.913. The molecule has 0 aliphatic heterocycles. The molecule has 16 heavy (non-hydrogen) atoms. The molecule has 0 bridgehead atoms. The van der Waals surface area contributed by atoms with Gasteiger partial charge in [-0.15, -0.1) is 0 Å². The Hall–Kier alpha value is -1.32. The van der Waals surface area contributed by atoms with Crippen LogP contribution in [0.3, 0.4) is 0 Å². The molecule has 1 aromatic rings. The Kier molecular flexibility index (Phi) is 5.02. The van der Waals surface area contributed by atoms with Gasteiger partial charge in [0.15, 0.2) is 0 Å². The maximum atomic E-state index is 4.55. The van der Waals surface area contributed by atoms with Crippen LogP contribution in [0.2, 0.25) is 0 Å². The minimum Gasteiger partial charge on any atom is -0.373 e. The predicted octanol–water partition coefficient (Wildman–Crippen LogP) is 2.60. The second kappa shape index (κ2) is 6.30. The van der Waals surface area contributed by atoms with Gasteiger partial charge in [0.25, 0.3) is 0 Å². The van der Waals surface area contributed by atoms with Crippen LogP contribution in [0.5, 0.6) is 0 Å². The first-order valence-electron chi connectivity index (χ1n) is 6.02. The average Bonchev–Trinajstić information content (AvgIpc) is 2.29. The molecule has 0 fully saturated rings. The van der Waals surface area contributed by atoms with Gasteiger partial charge in [-0.25, -0.2) is 9.97 Å². The molecule has 0 saturated carbocycles. The Morgan fingerprint density at radius 2 is 1.75 bits per heavy atom. The van der Waals surface area contributed by atoms with Crippen LogP contribution in [-0.4, -0.2) is 23.6 Å². The number of aromatic nitrogens is 2. The summed E-state index contributed by atoms with van der Waals surface area (Å²) in [6.07, 6.45) is 3.09. The molecule has 1 heterocycles. The second-order valence-electron chi connectivity index (χ2n) is 3.89. The molecule has 1 aromatic heterocycles. The summed E-state index contributed by atoms with van der Waals surface area (Å²) < 4.78 is 0.